The summed E-state index contributed by atoms with van der Waals surface area (Å²) < 4.78 is 27.0. The Hall–Kier alpha value is -0.140. The van der Waals surface area contributed by atoms with Crippen LogP contribution in [0.3, 0.4) is 0 Å². The van der Waals surface area contributed by atoms with E-state index in [1.165, 1.54) is 16.4 Å². The molecule has 7 heteroatoms. The minimum atomic E-state index is -3.53. The van der Waals surface area contributed by atoms with Crippen LogP contribution >= 0.6 is 27.5 Å². The summed E-state index contributed by atoms with van der Waals surface area (Å²) in [6, 6.07) is 4.48. The zero-order valence-electron chi connectivity index (χ0n) is 10.5. The second-order valence-corrected chi connectivity index (χ2v) is 8.00. The fourth-order valence-electron chi connectivity index (χ4n) is 2.10. The number of sulfonamides is 1. The predicted molar refractivity (Wildman–Crippen MR) is 79.7 cm³/mol. The van der Waals surface area contributed by atoms with Crippen molar-refractivity contribution in [2.75, 3.05) is 13.6 Å². The van der Waals surface area contributed by atoms with Gasteiger partial charge in [0.05, 0.1) is 9.92 Å². The monoisotopic (exact) mass is 366 g/mol. The highest BCUT2D eigenvalue weighted by atomic mass is 79.9. The predicted octanol–water partition coefficient (Wildman–Crippen LogP) is 2.46. The van der Waals surface area contributed by atoms with Gasteiger partial charge in [0, 0.05) is 24.1 Å². The van der Waals surface area contributed by atoms with E-state index in [2.05, 4.69) is 15.9 Å². The van der Waals surface area contributed by atoms with Gasteiger partial charge in [0.15, 0.2) is 0 Å². The average Bonchev–Trinajstić information content (AvgIpc) is 3.17. The molecule has 1 unspecified atom stereocenters. The molecular formula is C12H16BrClN2O2S. The summed E-state index contributed by atoms with van der Waals surface area (Å²) in [6.45, 7) is 0.342. The van der Waals surface area contributed by atoms with Gasteiger partial charge < -0.3 is 5.73 Å². The Labute approximate surface area is 127 Å². The lowest BCUT2D eigenvalue weighted by atomic mass is 10.2. The summed E-state index contributed by atoms with van der Waals surface area (Å²) in [5.74, 6) is 0.389. The molecule has 1 aromatic carbocycles. The third-order valence-electron chi connectivity index (χ3n) is 3.44. The molecular weight excluding hydrogens is 352 g/mol. The zero-order valence-corrected chi connectivity index (χ0v) is 13.7. The SMILES string of the molecule is CN(C(CN)C1CC1)S(=O)(=O)c1ccc(Cl)c(Br)c1. The molecule has 2 rings (SSSR count). The zero-order chi connectivity index (χ0) is 14.2. The first-order valence-electron chi connectivity index (χ1n) is 6.01. The smallest absolute Gasteiger partial charge is 0.243 e. The Balaban J connectivity index is 2.32. The van der Waals surface area contributed by atoms with Crippen molar-refractivity contribution < 1.29 is 8.42 Å². The van der Waals surface area contributed by atoms with Crippen LogP contribution in [-0.4, -0.2) is 32.4 Å². The molecule has 0 amide bonds. The van der Waals surface area contributed by atoms with Gasteiger partial charge in [-0.05, 0) is 52.9 Å². The van der Waals surface area contributed by atoms with Gasteiger partial charge in [0.25, 0.3) is 0 Å². The van der Waals surface area contributed by atoms with E-state index >= 15 is 0 Å². The minimum Gasteiger partial charge on any atom is -0.329 e. The molecule has 0 saturated heterocycles. The highest BCUT2D eigenvalue weighted by molar-refractivity contribution is 9.10. The van der Waals surface area contributed by atoms with Gasteiger partial charge in [-0.3, -0.25) is 0 Å². The van der Waals surface area contributed by atoms with Crippen LogP contribution < -0.4 is 5.73 Å². The Morgan fingerprint density at radius 3 is 2.63 bits per heavy atom. The fourth-order valence-corrected chi connectivity index (χ4v) is 4.20. The quantitative estimate of drug-likeness (QED) is 0.869. The van der Waals surface area contributed by atoms with E-state index in [-0.39, 0.29) is 10.9 Å². The Morgan fingerprint density at radius 2 is 2.16 bits per heavy atom. The topological polar surface area (TPSA) is 63.4 Å². The Bertz CT molecular complexity index is 575. The van der Waals surface area contributed by atoms with E-state index in [0.29, 0.717) is 22.0 Å². The van der Waals surface area contributed by atoms with Crippen LogP contribution in [0, 0.1) is 5.92 Å². The maximum atomic E-state index is 12.5. The second kappa shape index (κ2) is 5.69. The maximum absolute atomic E-state index is 12.5. The van der Waals surface area contributed by atoms with Gasteiger partial charge in [-0.15, -0.1) is 0 Å². The summed E-state index contributed by atoms with van der Waals surface area (Å²) in [7, 11) is -1.94. The highest BCUT2D eigenvalue weighted by Crippen LogP contribution is 2.36. The molecule has 19 heavy (non-hydrogen) atoms. The highest BCUT2D eigenvalue weighted by Gasteiger charge is 2.38. The van der Waals surface area contributed by atoms with Crippen LogP contribution in [0.5, 0.6) is 0 Å². The van der Waals surface area contributed by atoms with Gasteiger partial charge >= 0.3 is 0 Å². The number of hydrogen-bond donors (Lipinski definition) is 1. The van der Waals surface area contributed by atoms with Crippen LogP contribution in [-0.2, 0) is 10.0 Å². The van der Waals surface area contributed by atoms with Gasteiger partial charge in [-0.25, -0.2) is 8.42 Å². The number of benzene rings is 1. The standard InChI is InChI=1S/C12H16BrClN2O2S/c1-16(12(7-15)8-2-3-8)19(17,18)9-4-5-11(14)10(13)6-9/h4-6,8,12H,2-3,7,15H2,1H3. The van der Waals surface area contributed by atoms with E-state index in [0.717, 1.165) is 12.8 Å². The minimum absolute atomic E-state index is 0.126. The third-order valence-corrected chi connectivity index (χ3v) is 6.54. The van der Waals surface area contributed by atoms with Crippen LogP contribution in [0.25, 0.3) is 0 Å². The van der Waals surface area contributed by atoms with Crippen LogP contribution in [0.2, 0.25) is 5.02 Å². The first kappa shape index (κ1) is 15.3. The lowest BCUT2D eigenvalue weighted by Crippen LogP contribution is -2.43. The van der Waals surface area contributed by atoms with Crippen molar-refractivity contribution in [3.8, 4) is 0 Å². The molecule has 1 saturated carbocycles. The molecule has 1 aliphatic rings. The van der Waals surface area contributed by atoms with E-state index in [4.69, 9.17) is 17.3 Å². The lowest BCUT2D eigenvalue weighted by molar-refractivity contribution is 0.340. The molecule has 1 aromatic rings. The molecule has 1 fully saturated rings. The number of rotatable bonds is 5. The van der Waals surface area contributed by atoms with Gasteiger partial charge in [0.1, 0.15) is 0 Å². The van der Waals surface area contributed by atoms with Crippen LogP contribution in [0.4, 0.5) is 0 Å². The summed E-state index contributed by atoms with van der Waals surface area (Å²) in [5, 5.41) is 0.485. The molecule has 0 bridgehead atoms. The molecule has 0 aliphatic heterocycles. The number of halogens is 2. The van der Waals surface area contributed by atoms with Gasteiger partial charge in [0.2, 0.25) is 10.0 Å². The van der Waals surface area contributed by atoms with Crippen molar-refractivity contribution in [1.29, 1.82) is 0 Å². The van der Waals surface area contributed by atoms with Crippen molar-refractivity contribution in [2.24, 2.45) is 11.7 Å². The normalized spacial score (nSPS) is 17.7. The average molecular weight is 368 g/mol. The molecule has 0 heterocycles. The summed E-state index contributed by atoms with van der Waals surface area (Å²) >= 11 is 9.13. The van der Waals surface area contributed by atoms with E-state index < -0.39 is 10.0 Å². The second-order valence-electron chi connectivity index (χ2n) is 4.74. The molecule has 1 aliphatic carbocycles. The number of hydrogen-bond acceptors (Lipinski definition) is 3. The maximum Gasteiger partial charge on any atom is 0.243 e. The molecule has 106 valence electrons. The first-order valence-corrected chi connectivity index (χ1v) is 8.62. The van der Waals surface area contributed by atoms with Crippen molar-refractivity contribution in [1.82, 2.24) is 4.31 Å². The van der Waals surface area contributed by atoms with E-state index in [1.54, 1.807) is 13.1 Å². The Morgan fingerprint density at radius 1 is 1.53 bits per heavy atom. The largest absolute Gasteiger partial charge is 0.329 e. The first-order chi connectivity index (χ1) is 8.87. The molecule has 0 spiro atoms. The molecule has 1 atom stereocenters. The Kier molecular flexibility index (Phi) is 4.57. The summed E-state index contributed by atoms with van der Waals surface area (Å²) in [6.07, 6.45) is 2.10. The van der Waals surface area contributed by atoms with E-state index in [9.17, 15) is 8.42 Å². The number of nitrogens with two attached hydrogens (primary N) is 1. The van der Waals surface area contributed by atoms with Crippen LogP contribution in [0.15, 0.2) is 27.6 Å². The molecule has 4 nitrogen and oxygen atoms in total. The van der Waals surface area contributed by atoms with Crippen molar-refractivity contribution in [3.05, 3.63) is 27.7 Å². The lowest BCUT2D eigenvalue weighted by Gasteiger charge is -2.26. The molecule has 2 N–H and O–H groups in total. The number of nitrogens with zero attached hydrogens (tertiary/aromatic N) is 1. The third kappa shape index (κ3) is 3.13. The van der Waals surface area contributed by atoms with Crippen molar-refractivity contribution in [2.45, 2.75) is 23.8 Å². The summed E-state index contributed by atoms with van der Waals surface area (Å²) in [5.41, 5.74) is 5.71. The summed E-state index contributed by atoms with van der Waals surface area (Å²) in [4.78, 5) is 0.227. The van der Waals surface area contributed by atoms with Gasteiger partial charge in [-0.1, -0.05) is 11.6 Å². The number of likely N-dealkylation sites (N-methyl/N-ethyl adjacent to an activating group) is 1. The van der Waals surface area contributed by atoms with Crippen LogP contribution in [0.1, 0.15) is 12.8 Å². The molecule has 0 aromatic heterocycles. The van der Waals surface area contributed by atoms with E-state index in [1.807, 2.05) is 0 Å². The van der Waals surface area contributed by atoms with Crippen molar-refractivity contribution in [3.63, 3.8) is 0 Å². The molecule has 0 radical (unpaired) electrons. The van der Waals surface area contributed by atoms with Crippen molar-refractivity contribution >= 4 is 37.6 Å². The van der Waals surface area contributed by atoms with Gasteiger partial charge in [-0.2, -0.15) is 4.31 Å². The fraction of sp³-hybridized carbons (Fsp3) is 0.500.